The van der Waals surface area contributed by atoms with Gasteiger partial charge in [-0.15, -0.1) is 5.10 Å². The number of carbonyl (C=O) groups excluding carboxylic acids is 1. The van der Waals surface area contributed by atoms with Gasteiger partial charge in [0.1, 0.15) is 12.4 Å². The molecule has 0 radical (unpaired) electrons. The van der Waals surface area contributed by atoms with E-state index in [1.165, 1.54) is 6.33 Å². The summed E-state index contributed by atoms with van der Waals surface area (Å²) >= 11 is 0. The summed E-state index contributed by atoms with van der Waals surface area (Å²) in [6, 6.07) is 5.26. The Morgan fingerprint density at radius 3 is 3.09 bits per heavy atom. The maximum atomic E-state index is 12.4. The van der Waals surface area contributed by atoms with E-state index in [0.29, 0.717) is 18.8 Å². The Morgan fingerprint density at radius 1 is 1.50 bits per heavy atom. The fourth-order valence-corrected chi connectivity index (χ4v) is 2.45. The molecular weight excluding hydrogens is 284 g/mol. The summed E-state index contributed by atoms with van der Waals surface area (Å²) in [5, 5.41) is 17.2. The van der Waals surface area contributed by atoms with Crippen LogP contribution in [0, 0.1) is 6.92 Å². The third-order valence-electron chi connectivity index (χ3n) is 3.67. The summed E-state index contributed by atoms with van der Waals surface area (Å²) in [7, 11) is 0. The van der Waals surface area contributed by atoms with Gasteiger partial charge in [-0.2, -0.15) is 0 Å². The number of amides is 1. The molecule has 1 aliphatic heterocycles. The number of aryl methyl sites for hydroxylation is 1. The maximum absolute atomic E-state index is 12.4. The Bertz CT molecular complexity index is 657. The average Bonchev–Trinajstić information content (AvgIpc) is 3.03. The van der Waals surface area contributed by atoms with Crippen LogP contribution in [-0.2, 0) is 9.53 Å². The minimum absolute atomic E-state index is 0.112. The van der Waals surface area contributed by atoms with Crippen molar-refractivity contribution in [1.82, 2.24) is 25.5 Å². The molecule has 0 bridgehead atoms. The van der Waals surface area contributed by atoms with Crippen LogP contribution >= 0.6 is 0 Å². The van der Waals surface area contributed by atoms with Gasteiger partial charge in [0.15, 0.2) is 0 Å². The molecule has 2 heterocycles. The molecule has 2 aromatic rings. The highest BCUT2D eigenvalue weighted by atomic mass is 16.5. The van der Waals surface area contributed by atoms with Crippen LogP contribution in [0.1, 0.15) is 12.5 Å². The molecule has 3 rings (SSSR count). The van der Waals surface area contributed by atoms with E-state index in [9.17, 15) is 4.79 Å². The minimum Gasteiger partial charge on any atom is -0.375 e. The molecule has 8 nitrogen and oxygen atoms in total. The lowest BCUT2D eigenvalue weighted by molar-refractivity contribution is -0.123. The lowest BCUT2D eigenvalue weighted by atomic mass is 10.1. The van der Waals surface area contributed by atoms with E-state index >= 15 is 0 Å². The van der Waals surface area contributed by atoms with E-state index < -0.39 is 0 Å². The largest absolute Gasteiger partial charge is 0.375 e. The summed E-state index contributed by atoms with van der Waals surface area (Å²) < 4.78 is 7.06. The Kier molecular flexibility index (Phi) is 4.12. The van der Waals surface area contributed by atoms with Crippen molar-refractivity contribution in [2.45, 2.75) is 26.0 Å². The first-order valence-corrected chi connectivity index (χ1v) is 7.15. The van der Waals surface area contributed by atoms with E-state index in [2.05, 4.69) is 26.2 Å². The van der Waals surface area contributed by atoms with Crippen molar-refractivity contribution in [3.63, 3.8) is 0 Å². The summed E-state index contributed by atoms with van der Waals surface area (Å²) in [4.78, 5) is 12.4. The van der Waals surface area contributed by atoms with Gasteiger partial charge in [-0.25, -0.2) is 4.68 Å². The molecule has 1 fully saturated rings. The normalized spacial score (nSPS) is 21.5. The summed E-state index contributed by atoms with van der Waals surface area (Å²) in [6.45, 7) is 5.14. The number of morpholine rings is 1. The monoisotopic (exact) mass is 302 g/mol. The van der Waals surface area contributed by atoms with Crippen LogP contribution in [0.4, 0.5) is 5.69 Å². The van der Waals surface area contributed by atoms with Gasteiger partial charge in [0.05, 0.1) is 18.4 Å². The van der Waals surface area contributed by atoms with Gasteiger partial charge in [0, 0.05) is 12.2 Å². The van der Waals surface area contributed by atoms with Crippen molar-refractivity contribution < 1.29 is 9.53 Å². The maximum Gasteiger partial charge on any atom is 0.244 e. The topological polar surface area (TPSA) is 94.0 Å². The average molecular weight is 302 g/mol. The number of hydrogen-bond donors (Lipinski definition) is 2. The van der Waals surface area contributed by atoms with Gasteiger partial charge >= 0.3 is 0 Å². The predicted octanol–water partition coefficient (Wildman–Crippen LogP) is 0.286. The number of hydrogen-bond acceptors (Lipinski definition) is 6. The van der Waals surface area contributed by atoms with Crippen molar-refractivity contribution in [2.75, 3.05) is 18.5 Å². The number of carbonyl (C=O) groups is 1. The molecule has 116 valence electrons. The summed E-state index contributed by atoms with van der Waals surface area (Å²) in [6.07, 6.45) is 1.37. The molecule has 0 saturated carbocycles. The van der Waals surface area contributed by atoms with Gasteiger partial charge in [-0.05, 0) is 42.0 Å². The molecule has 1 saturated heterocycles. The molecule has 8 heteroatoms. The molecule has 1 aromatic carbocycles. The Labute approximate surface area is 127 Å². The number of nitrogens with zero attached hydrogens (tertiary/aromatic N) is 4. The second kappa shape index (κ2) is 6.20. The van der Waals surface area contributed by atoms with Crippen LogP contribution in [0.15, 0.2) is 24.5 Å². The van der Waals surface area contributed by atoms with Crippen LogP contribution in [0.25, 0.3) is 5.69 Å². The molecule has 0 aliphatic carbocycles. The molecule has 1 aliphatic rings. The highest BCUT2D eigenvalue weighted by Gasteiger charge is 2.28. The number of aromatic nitrogens is 4. The first-order valence-electron chi connectivity index (χ1n) is 7.15. The number of nitrogens with one attached hydrogen (secondary N) is 2. The second-order valence-electron chi connectivity index (χ2n) is 5.25. The lowest BCUT2D eigenvalue weighted by Gasteiger charge is -2.29. The molecule has 0 unspecified atom stereocenters. The van der Waals surface area contributed by atoms with E-state index in [0.717, 1.165) is 11.3 Å². The zero-order chi connectivity index (χ0) is 15.5. The van der Waals surface area contributed by atoms with Crippen molar-refractivity contribution in [2.24, 2.45) is 0 Å². The Balaban J connectivity index is 1.78. The zero-order valence-corrected chi connectivity index (χ0v) is 12.5. The smallest absolute Gasteiger partial charge is 0.244 e. The molecule has 1 amide bonds. The zero-order valence-electron chi connectivity index (χ0n) is 12.5. The second-order valence-corrected chi connectivity index (χ2v) is 5.25. The molecule has 1 aromatic heterocycles. The fourth-order valence-electron chi connectivity index (χ4n) is 2.45. The van der Waals surface area contributed by atoms with Crippen LogP contribution in [0.5, 0.6) is 0 Å². The fraction of sp³-hybridized carbons (Fsp3) is 0.429. The highest BCUT2D eigenvalue weighted by Crippen LogP contribution is 2.19. The standard InChI is InChI=1S/C14H18N6O2/c1-9-3-4-11(7-12(9)20-8-16-18-19-20)17-14(21)13-10(2)22-6-5-15-13/h3-4,7-8,10,13,15H,5-6H2,1-2H3,(H,17,21)/t10-,13+/m1/s1. The summed E-state index contributed by atoms with van der Waals surface area (Å²) in [5.41, 5.74) is 2.53. The number of tetrazole rings is 1. The molecule has 2 N–H and O–H groups in total. The third-order valence-corrected chi connectivity index (χ3v) is 3.67. The number of rotatable bonds is 3. The predicted molar refractivity (Wildman–Crippen MR) is 79.7 cm³/mol. The quantitative estimate of drug-likeness (QED) is 0.846. The molecular formula is C14H18N6O2. The number of ether oxygens (including phenoxy) is 1. The first kappa shape index (κ1) is 14.6. The van der Waals surface area contributed by atoms with E-state index in [1.807, 2.05) is 32.0 Å². The van der Waals surface area contributed by atoms with Crippen LogP contribution in [0.3, 0.4) is 0 Å². The Morgan fingerprint density at radius 2 is 2.36 bits per heavy atom. The van der Waals surface area contributed by atoms with Crippen LogP contribution < -0.4 is 10.6 Å². The Hall–Kier alpha value is -2.32. The van der Waals surface area contributed by atoms with Gasteiger partial charge in [0.25, 0.3) is 0 Å². The van der Waals surface area contributed by atoms with Crippen LogP contribution in [0.2, 0.25) is 0 Å². The van der Waals surface area contributed by atoms with Gasteiger partial charge < -0.3 is 15.4 Å². The van der Waals surface area contributed by atoms with E-state index in [1.54, 1.807) is 4.68 Å². The van der Waals surface area contributed by atoms with Crippen molar-refractivity contribution >= 4 is 11.6 Å². The molecule has 22 heavy (non-hydrogen) atoms. The van der Waals surface area contributed by atoms with Crippen LogP contribution in [-0.4, -0.2) is 51.4 Å². The van der Waals surface area contributed by atoms with Gasteiger partial charge in [-0.1, -0.05) is 6.07 Å². The van der Waals surface area contributed by atoms with E-state index in [-0.39, 0.29) is 18.1 Å². The molecule has 0 spiro atoms. The molecule has 2 atom stereocenters. The first-order chi connectivity index (χ1) is 10.6. The lowest BCUT2D eigenvalue weighted by Crippen LogP contribution is -2.53. The van der Waals surface area contributed by atoms with Gasteiger partial charge in [-0.3, -0.25) is 4.79 Å². The number of benzene rings is 1. The SMILES string of the molecule is Cc1ccc(NC(=O)[C@H]2NCCO[C@@H]2C)cc1-n1cnnn1. The van der Waals surface area contributed by atoms with E-state index in [4.69, 9.17) is 4.74 Å². The van der Waals surface area contributed by atoms with Gasteiger partial charge in [0.2, 0.25) is 5.91 Å². The van der Waals surface area contributed by atoms with Crippen molar-refractivity contribution in [1.29, 1.82) is 0 Å². The van der Waals surface area contributed by atoms with Crippen molar-refractivity contribution in [3.05, 3.63) is 30.1 Å². The van der Waals surface area contributed by atoms with Crippen molar-refractivity contribution in [3.8, 4) is 5.69 Å². The number of anilines is 1. The summed E-state index contributed by atoms with van der Waals surface area (Å²) in [5.74, 6) is -0.112. The minimum atomic E-state index is -0.355. The third kappa shape index (κ3) is 2.97. The highest BCUT2D eigenvalue weighted by molar-refractivity contribution is 5.95.